The number of fused-ring (bicyclic) bond motifs is 1. The summed E-state index contributed by atoms with van der Waals surface area (Å²) in [6, 6.07) is 11.1. The summed E-state index contributed by atoms with van der Waals surface area (Å²) < 4.78 is 11.7. The summed E-state index contributed by atoms with van der Waals surface area (Å²) in [6.07, 6.45) is 3.36. The van der Waals surface area contributed by atoms with Gasteiger partial charge in [0.1, 0.15) is 18.4 Å². The monoisotopic (exact) mass is 483 g/mol. The molecule has 32 heavy (non-hydrogen) atoms. The zero-order valence-corrected chi connectivity index (χ0v) is 19.3. The molecule has 0 spiro atoms. The minimum Gasteiger partial charge on any atom is -0.490 e. The van der Waals surface area contributed by atoms with Gasteiger partial charge in [-0.05, 0) is 24.3 Å². The number of ether oxygens (including phenoxy) is 2. The Morgan fingerprint density at radius 2 is 2.09 bits per heavy atom. The van der Waals surface area contributed by atoms with Gasteiger partial charge in [-0.3, -0.25) is 15.6 Å². The molecule has 0 saturated carbocycles. The Morgan fingerprint density at radius 1 is 1.19 bits per heavy atom. The normalized spacial score (nSPS) is 10.6. The highest BCUT2D eigenvalue weighted by molar-refractivity contribution is 8.01. The van der Waals surface area contributed by atoms with Crippen LogP contribution in [0.2, 0.25) is 0 Å². The molecule has 0 aliphatic rings. The van der Waals surface area contributed by atoms with E-state index in [2.05, 4.69) is 26.7 Å². The van der Waals surface area contributed by atoms with Gasteiger partial charge in [-0.15, -0.1) is 22.7 Å². The lowest BCUT2D eigenvalue weighted by molar-refractivity contribution is 0.146. The number of nitrogens with one attached hydrogen (secondary N) is 2. The molecule has 3 aromatic heterocycles. The van der Waals surface area contributed by atoms with E-state index in [9.17, 15) is 10.1 Å². The van der Waals surface area contributed by atoms with Crippen LogP contribution in [-0.2, 0) is 4.74 Å². The molecule has 11 heteroatoms. The number of rotatable bonds is 8. The third kappa shape index (κ3) is 5.35. The van der Waals surface area contributed by atoms with Crippen LogP contribution in [0.4, 0.5) is 14.9 Å². The van der Waals surface area contributed by atoms with Crippen molar-refractivity contribution in [2.24, 2.45) is 0 Å². The quantitative estimate of drug-likeness (QED) is 0.321. The third-order valence-corrected chi connectivity index (χ3v) is 7.05. The van der Waals surface area contributed by atoms with E-state index in [0.29, 0.717) is 34.7 Å². The number of thiophene rings is 1. The summed E-state index contributed by atoms with van der Waals surface area (Å²) in [7, 11) is 1.60. The lowest BCUT2D eigenvalue weighted by Gasteiger charge is -2.10. The predicted octanol–water partition coefficient (Wildman–Crippen LogP) is 5.44. The molecule has 0 radical (unpaired) electrons. The Hall–Kier alpha value is -3.17. The summed E-state index contributed by atoms with van der Waals surface area (Å²) >= 11 is 4.35. The largest absolute Gasteiger partial charge is 0.490 e. The Balaban J connectivity index is 1.50. The van der Waals surface area contributed by atoms with Crippen molar-refractivity contribution >= 4 is 61.5 Å². The molecule has 1 aromatic carbocycles. The third-order valence-electron chi connectivity index (χ3n) is 4.15. The van der Waals surface area contributed by atoms with E-state index in [4.69, 9.17) is 9.47 Å². The fraction of sp³-hybridized carbons (Fsp3) is 0.143. The standard InChI is InChI=1S/C21H17N5O3S3/c1-28-7-8-29-16-11-15-14(10-13(16)12-22)17(4-5-23-15)31-19-3-2-18(32-19)25-20(27)26-21-24-6-9-30-21/h2-6,9-11H,7-8H2,1H3,(H2,24,25,26,27). The van der Waals surface area contributed by atoms with Crippen molar-refractivity contribution in [1.29, 1.82) is 5.26 Å². The van der Waals surface area contributed by atoms with E-state index >= 15 is 0 Å². The summed E-state index contributed by atoms with van der Waals surface area (Å²) in [5.41, 5.74) is 1.18. The molecule has 4 rings (SSSR count). The van der Waals surface area contributed by atoms with Gasteiger partial charge in [0.25, 0.3) is 0 Å². The van der Waals surface area contributed by atoms with Crippen molar-refractivity contribution in [2.75, 3.05) is 31.0 Å². The van der Waals surface area contributed by atoms with Gasteiger partial charge in [0.2, 0.25) is 0 Å². The topological polar surface area (TPSA) is 109 Å². The van der Waals surface area contributed by atoms with Crippen molar-refractivity contribution < 1.29 is 14.3 Å². The van der Waals surface area contributed by atoms with E-state index in [1.165, 1.54) is 22.7 Å². The second kappa shape index (κ2) is 10.4. The molecule has 0 bridgehead atoms. The van der Waals surface area contributed by atoms with Crippen LogP contribution in [-0.4, -0.2) is 36.3 Å². The van der Waals surface area contributed by atoms with E-state index in [-0.39, 0.29) is 6.03 Å². The van der Waals surface area contributed by atoms with Gasteiger partial charge < -0.3 is 9.47 Å². The Bertz CT molecular complexity index is 1270. The number of aromatic nitrogens is 2. The Morgan fingerprint density at radius 3 is 2.88 bits per heavy atom. The van der Waals surface area contributed by atoms with Gasteiger partial charge in [-0.2, -0.15) is 5.26 Å². The molecule has 2 amide bonds. The molecule has 8 nitrogen and oxygen atoms in total. The highest BCUT2D eigenvalue weighted by Gasteiger charge is 2.13. The first-order valence-electron chi connectivity index (χ1n) is 9.36. The highest BCUT2D eigenvalue weighted by Crippen LogP contribution is 2.39. The maximum atomic E-state index is 12.1. The van der Waals surface area contributed by atoms with Crippen LogP contribution in [0.1, 0.15) is 5.56 Å². The number of amides is 2. The molecule has 0 saturated heterocycles. The van der Waals surface area contributed by atoms with Gasteiger partial charge in [0.15, 0.2) is 5.13 Å². The SMILES string of the molecule is COCCOc1cc2nccc(Sc3ccc(NC(=O)Nc4nccs4)s3)c2cc1C#N. The minimum atomic E-state index is -0.340. The summed E-state index contributed by atoms with van der Waals surface area (Å²) in [6.45, 7) is 0.787. The first kappa shape index (κ1) is 22.0. The van der Waals surface area contributed by atoms with Crippen molar-refractivity contribution in [2.45, 2.75) is 9.10 Å². The second-order valence-corrected chi connectivity index (χ2v) is 9.59. The van der Waals surface area contributed by atoms with Gasteiger partial charge in [-0.25, -0.2) is 9.78 Å². The molecule has 3 heterocycles. The number of methoxy groups -OCH3 is 1. The van der Waals surface area contributed by atoms with Gasteiger partial charge >= 0.3 is 6.03 Å². The molecule has 2 N–H and O–H groups in total. The number of hydrogen-bond donors (Lipinski definition) is 2. The highest BCUT2D eigenvalue weighted by atomic mass is 32.2. The van der Waals surface area contributed by atoms with E-state index in [1.807, 2.05) is 18.2 Å². The lowest BCUT2D eigenvalue weighted by Crippen LogP contribution is -2.18. The molecule has 4 aromatic rings. The van der Waals surface area contributed by atoms with E-state index in [1.54, 1.807) is 48.8 Å². The average molecular weight is 484 g/mol. The van der Waals surface area contributed by atoms with E-state index in [0.717, 1.165) is 20.0 Å². The maximum absolute atomic E-state index is 12.1. The molecular weight excluding hydrogens is 466 g/mol. The molecule has 0 unspecified atom stereocenters. The number of carbonyl (C=O) groups excluding carboxylic acids is 1. The summed E-state index contributed by atoms with van der Waals surface area (Å²) in [5, 5.41) is 19.0. The number of nitrogens with zero attached hydrogens (tertiary/aromatic N) is 3. The predicted molar refractivity (Wildman–Crippen MR) is 127 cm³/mol. The zero-order chi connectivity index (χ0) is 22.3. The first-order chi connectivity index (χ1) is 15.7. The Labute approximate surface area is 196 Å². The van der Waals surface area contributed by atoms with E-state index < -0.39 is 0 Å². The number of nitriles is 1. The fourth-order valence-electron chi connectivity index (χ4n) is 2.76. The second-order valence-electron chi connectivity index (χ2n) is 6.26. The van der Waals surface area contributed by atoms with Crippen LogP contribution in [0.15, 0.2) is 57.2 Å². The molecule has 162 valence electrons. The smallest absolute Gasteiger partial charge is 0.326 e. The summed E-state index contributed by atoms with van der Waals surface area (Å²) in [5.74, 6) is 0.487. The van der Waals surface area contributed by atoms with Crippen LogP contribution >= 0.6 is 34.4 Å². The van der Waals surface area contributed by atoms with Crippen LogP contribution in [0.25, 0.3) is 10.9 Å². The molecule has 0 fully saturated rings. The van der Waals surface area contributed by atoms with Crippen molar-refractivity contribution in [1.82, 2.24) is 9.97 Å². The molecule has 0 aliphatic heterocycles. The number of hydrogen-bond acceptors (Lipinski definition) is 9. The lowest BCUT2D eigenvalue weighted by atomic mass is 10.1. The number of thiazole rings is 1. The van der Waals surface area contributed by atoms with Crippen LogP contribution in [0.5, 0.6) is 5.75 Å². The maximum Gasteiger partial charge on any atom is 0.326 e. The molecule has 0 atom stereocenters. The average Bonchev–Trinajstić information content (AvgIpc) is 3.45. The number of urea groups is 1. The minimum absolute atomic E-state index is 0.340. The Kier molecular flexibility index (Phi) is 7.18. The van der Waals surface area contributed by atoms with Crippen LogP contribution in [0, 0.1) is 11.3 Å². The number of carbonyl (C=O) groups is 1. The fourth-order valence-corrected chi connectivity index (χ4v) is 5.37. The number of benzene rings is 1. The first-order valence-corrected chi connectivity index (χ1v) is 11.9. The van der Waals surface area contributed by atoms with Crippen molar-refractivity contribution in [3.8, 4) is 11.8 Å². The number of anilines is 2. The summed E-state index contributed by atoms with van der Waals surface area (Å²) in [4.78, 5) is 21.5. The van der Waals surface area contributed by atoms with Crippen molar-refractivity contribution in [3.63, 3.8) is 0 Å². The van der Waals surface area contributed by atoms with Gasteiger partial charge in [0.05, 0.1) is 26.9 Å². The van der Waals surface area contributed by atoms with Gasteiger partial charge in [0, 0.05) is 41.2 Å². The van der Waals surface area contributed by atoms with Gasteiger partial charge in [-0.1, -0.05) is 11.8 Å². The van der Waals surface area contributed by atoms with Crippen molar-refractivity contribution in [3.05, 3.63) is 53.7 Å². The zero-order valence-electron chi connectivity index (χ0n) is 16.8. The van der Waals surface area contributed by atoms with Crippen LogP contribution in [0.3, 0.4) is 0 Å². The molecular formula is C21H17N5O3S3. The molecule has 0 aliphatic carbocycles. The van der Waals surface area contributed by atoms with Crippen LogP contribution < -0.4 is 15.4 Å². The number of pyridine rings is 1.